The molecule has 0 saturated heterocycles. The Morgan fingerprint density at radius 3 is 2.36 bits per heavy atom. The molecule has 7 heteroatoms. The molecule has 0 bridgehead atoms. The van der Waals surface area contributed by atoms with Gasteiger partial charge in [0, 0.05) is 5.56 Å². The topological polar surface area (TPSA) is 74.3 Å². The first-order valence-corrected chi connectivity index (χ1v) is 4.95. The van der Waals surface area contributed by atoms with Gasteiger partial charge in [-0.25, -0.2) is 8.42 Å². The summed E-state index contributed by atoms with van der Waals surface area (Å²) in [6.07, 6.45) is 0. The van der Waals surface area contributed by atoms with Gasteiger partial charge in [-0.05, 0) is 23.7 Å². The van der Waals surface area contributed by atoms with E-state index in [1.54, 1.807) is 0 Å². The summed E-state index contributed by atoms with van der Waals surface area (Å²) < 4.78 is 31.5. The van der Waals surface area contributed by atoms with Gasteiger partial charge in [-0.2, -0.15) is 0 Å². The van der Waals surface area contributed by atoms with Gasteiger partial charge in [0.15, 0.2) is 0 Å². The number of carbonyl (C=O) groups excluding carboxylic acids is 1. The Hall–Kier alpha value is 0.0900. The van der Waals surface area contributed by atoms with Crippen LogP contribution in [0.15, 0.2) is 29.2 Å². The van der Waals surface area contributed by atoms with Gasteiger partial charge in [0.05, 0.1) is 4.90 Å². The van der Waals surface area contributed by atoms with E-state index in [-0.39, 0.29) is 35.1 Å². The first kappa shape index (κ1) is 14.1. The Morgan fingerprint density at radius 1 is 1.36 bits per heavy atom. The van der Waals surface area contributed by atoms with Crippen molar-refractivity contribution < 1.29 is 47.3 Å². The smallest absolute Gasteiger partial charge is 0.744 e. The molecule has 0 aliphatic heterocycles. The van der Waals surface area contributed by atoms with Crippen LogP contribution in [0.5, 0.6) is 0 Å². The van der Waals surface area contributed by atoms with Crippen LogP contribution in [0.4, 0.5) is 0 Å². The maximum atomic E-state index is 10.6. The van der Waals surface area contributed by atoms with Gasteiger partial charge in [0.25, 0.3) is 5.24 Å². The Bertz CT molecular complexity index is 443. The van der Waals surface area contributed by atoms with Crippen molar-refractivity contribution in [3.8, 4) is 0 Å². The van der Waals surface area contributed by atoms with E-state index in [9.17, 15) is 17.8 Å². The van der Waals surface area contributed by atoms with E-state index < -0.39 is 20.3 Å². The molecule has 0 heterocycles. The number of rotatable bonds is 2. The van der Waals surface area contributed by atoms with Crippen LogP contribution >= 0.6 is 11.6 Å². The molecule has 0 aromatic heterocycles. The van der Waals surface area contributed by atoms with E-state index >= 15 is 0 Å². The third-order valence-electron chi connectivity index (χ3n) is 1.35. The number of hydrogen-bond acceptors (Lipinski definition) is 4. The maximum absolute atomic E-state index is 10.6. The minimum Gasteiger partial charge on any atom is -0.744 e. The van der Waals surface area contributed by atoms with E-state index in [0.717, 1.165) is 12.1 Å². The third kappa shape index (κ3) is 3.68. The molecule has 0 spiro atoms. The molecule has 0 amide bonds. The average molecular weight is 243 g/mol. The first-order valence-electron chi connectivity index (χ1n) is 3.17. The molecule has 1 aromatic rings. The van der Waals surface area contributed by atoms with Crippen molar-refractivity contribution >= 4 is 27.0 Å². The summed E-state index contributed by atoms with van der Waals surface area (Å²) in [6.45, 7) is 0. The van der Waals surface area contributed by atoms with Crippen LogP contribution in [0.1, 0.15) is 10.4 Å². The predicted octanol–water partition coefficient (Wildman–Crippen LogP) is -2.03. The van der Waals surface area contributed by atoms with E-state index in [0.29, 0.717) is 0 Å². The summed E-state index contributed by atoms with van der Waals surface area (Å²) >= 11 is 5.09. The number of benzene rings is 1. The van der Waals surface area contributed by atoms with Gasteiger partial charge >= 0.3 is 29.6 Å². The molecule has 1 rings (SSSR count). The Labute approximate surface area is 108 Å². The number of halogens is 1. The summed E-state index contributed by atoms with van der Waals surface area (Å²) in [5.74, 6) is 0. The zero-order valence-corrected chi connectivity index (χ0v) is 10.8. The molecule has 0 atom stereocenters. The summed E-state index contributed by atoms with van der Waals surface area (Å²) in [6, 6.07) is 4.65. The summed E-state index contributed by atoms with van der Waals surface area (Å²) in [4.78, 5) is 10.1. The Balaban J connectivity index is 0.00000169. The van der Waals surface area contributed by atoms with Crippen molar-refractivity contribution in [2.45, 2.75) is 4.90 Å². The van der Waals surface area contributed by atoms with E-state index in [1.165, 1.54) is 12.1 Å². The van der Waals surface area contributed by atoms with Crippen molar-refractivity contribution in [2.75, 3.05) is 0 Å². The van der Waals surface area contributed by atoms with Crippen LogP contribution in [-0.4, -0.2) is 18.2 Å². The second-order valence-electron chi connectivity index (χ2n) is 2.26. The van der Waals surface area contributed by atoms with Crippen molar-refractivity contribution in [3.05, 3.63) is 29.8 Å². The van der Waals surface area contributed by atoms with Crippen molar-refractivity contribution in [2.24, 2.45) is 0 Å². The van der Waals surface area contributed by atoms with Crippen LogP contribution in [-0.2, 0) is 10.1 Å². The van der Waals surface area contributed by atoms with Crippen LogP contribution < -0.4 is 29.6 Å². The van der Waals surface area contributed by atoms with Gasteiger partial charge in [-0.1, -0.05) is 12.1 Å². The van der Waals surface area contributed by atoms with Crippen molar-refractivity contribution in [1.82, 2.24) is 0 Å². The Morgan fingerprint density at radius 2 is 1.93 bits per heavy atom. The largest absolute Gasteiger partial charge is 1.00 e. The van der Waals surface area contributed by atoms with Crippen LogP contribution in [0.2, 0.25) is 0 Å². The normalized spacial score (nSPS) is 10.4. The predicted molar refractivity (Wildman–Crippen MR) is 44.6 cm³/mol. The second kappa shape index (κ2) is 5.25. The molecule has 14 heavy (non-hydrogen) atoms. The Kier molecular flexibility index (Phi) is 5.28. The summed E-state index contributed by atoms with van der Waals surface area (Å²) in [5, 5.41) is -0.800. The standard InChI is InChI=1S/C7H5ClO4S.Na/c8-7(9)5-2-1-3-6(4-5)13(10,11)12;/h1-4H,(H,10,11,12);/q;+1/p-1. The molecule has 70 valence electrons. The van der Waals surface area contributed by atoms with E-state index in [2.05, 4.69) is 0 Å². The fraction of sp³-hybridized carbons (Fsp3) is 0. The van der Waals surface area contributed by atoms with Crippen molar-refractivity contribution in [1.29, 1.82) is 0 Å². The maximum Gasteiger partial charge on any atom is 1.00 e. The van der Waals surface area contributed by atoms with Crippen molar-refractivity contribution in [3.63, 3.8) is 0 Å². The molecular formula is C7H4ClNaO4S. The van der Waals surface area contributed by atoms with Crippen LogP contribution in [0, 0.1) is 0 Å². The fourth-order valence-electron chi connectivity index (χ4n) is 0.774. The van der Waals surface area contributed by atoms with E-state index in [1.807, 2.05) is 0 Å². The molecule has 0 fully saturated rings. The minimum absolute atomic E-state index is 0. The molecule has 0 saturated carbocycles. The molecular weight excluding hydrogens is 239 g/mol. The third-order valence-corrected chi connectivity index (χ3v) is 2.40. The van der Waals surface area contributed by atoms with Gasteiger partial charge < -0.3 is 4.55 Å². The number of hydrogen-bond donors (Lipinski definition) is 0. The van der Waals surface area contributed by atoms with E-state index in [4.69, 9.17) is 11.6 Å². The monoisotopic (exact) mass is 242 g/mol. The van der Waals surface area contributed by atoms with Crippen LogP contribution in [0.25, 0.3) is 0 Å². The minimum atomic E-state index is -4.52. The van der Waals surface area contributed by atoms with Gasteiger partial charge in [0.1, 0.15) is 10.1 Å². The molecule has 0 aliphatic rings. The van der Waals surface area contributed by atoms with Gasteiger partial charge in [-0.3, -0.25) is 4.79 Å². The fourth-order valence-corrected chi connectivity index (χ4v) is 1.41. The van der Waals surface area contributed by atoms with Gasteiger partial charge in [0.2, 0.25) is 0 Å². The molecule has 0 aliphatic carbocycles. The zero-order valence-electron chi connectivity index (χ0n) is 7.23. The molecule has 0 unspecified atom stereocenters. The van der Waals surface area contributed by atoms with Gasteiger partial charge in [-0.15, -0.1) is 0 Å². The first-order chi connectivity index (χ1) is 5.91. The quantitative estimate of drug-likeness (QED) is 0.341. The second-order valence-corrected chi connectivity index (χ2v) is 3.98. The molecule has 1 aromatic carbocycles. The number of carbonyl (C=O) groups is 1. The zero-order chi connectivity index (χ0) is 10.1. The molecule has 0 N–H and O–H groups in total. The van der Waals surface area contributed by atoms with Crippen LogP contribution in [0.3, 0.4) is 0 Å². The molecule has 4 nitrogen and oxygen atoms in total. The SMILES string of the molecule is O=C(Cl)c1cccc(S(=O)(=O)[O-])c1.[Na+]. The summed E-state index contributed by atoms with van der Waals surface area (Å²) in [7, 11) is -4.52. The molecule has 0 radical (unpaired) electrons. The summed E-state index contributed by atoms with van der Waals surface area (Å²) in [5.41, 5.74) is -0.0152. The average Bonchev–Trinajstić information content (AvgIpc) is 2.03.